The highest BCUT2D eigenvalue weighted by Gasteiger charge is 2.38. The maximum absolute atomic E-state index is 13.3. The van der Waals surface area contributed by atoms with Gasteiger partial charge in [-0.3, -0.25) is 9.80 Å². The van der Waals surface area contributed by atoms with Gasteiger partial charge in [0.1, 0.15) is 0 Å². The molecule has 0 saturated carbocycles. The summed E-state index contributed by atoms with van der Waals surface area (Å²) in [7, 11) is 0. The number of ether oxygens (including phenoxy) is 1. The van der Waals surface area contributed by atoms with Crippen molar-refractivity contribution >= 4 is 18.0 Å². The Morgan fingerprint density at radius 1 is 1.12 bits per heavy atom. The van der Waals surface area contributed by atoms with E-state index in [0.29, 0.717) is 50.5 Å². The van der Waals surface area contributed by atoms with Gasteiger partial charge in [-0.2, -0.15) is 0 Å². The van der Waals surface area contributed by atoms with E-state index in [-0.39, 0.29) is 18.7 Å². The molecule has 0 bridgehead atoms. The lowest BCUT2D eigenvalue weighted by molar-refractivity contribution is -0.139. The molecule has 0 aliphatic carbocycles. The molecule has 2 aliphatic rings. The van der Waals surface area contributed by atoms with Gasteiger partial charge in [-0.25, -0.2) is 14.4 Å². The van der Waals surface area contributed by atoms with Crippen molar-refractivity contribution in [2.24, 2.45) is 0 Å². The van der Waals surface area contributed by atoms with Crippen molar-refractivity contribution in [1.29, 1.82) is 0 Å². The Balaban J connectivity index is 1.97. The lowest BCUT2D eigenvalue weighted by atomic mass is 9.91. The molecule has 0 spiro atoms. The largest absolute Gasteiger partial charge is 0.463 e. The van der Waals surface area contributed by atoms with Crippen LogP contribution in [0.2, 0.25) is 0 Å². The second-order valence-electron chi connectivity index (χ2n) is 8.52. The predicted molar refractivity (Wildman–Crippen MR) is 130 cm³/mol. The molecule has 0 aromatic heterocycles. The summed E-state index contributed by atoms with van der Waals surface area (Å²) in [5.41, 5.74) is 3.02. The van der Waals surface area contributed by atoms with Crippen molar-refractivity contribution in [3.8, 4) is 0 Å². The average Bonchev–Trinajstić information content (AvgIpc) is 3.05. The van der Waals surface area contributed by atoms with E-state index in [9.17, 15) is 14.4 Å². The molecule has 0 unspecified atom stereocenters. The number of carbonyl (C=O) groups is 3. The van der Waals surface area contributed by atoms with Crippen LogP contribution < -0.4 is 10.6 Å². The zero-order valence-corrected chi connectivity index (χ0v) is 20.7. The molecule has 1 aromatic carbocycles. The van der Waals surface area contributed by atoms with E-state index in [1.165, 1.54) is 0 Å². The van der Waals surface area contributed by atoms with Crippen LogP contribution in [-0.2, 0) is 9.53 Å². The monoisotopic (exact) mass is 471 g/mol. The number of nitrogens with one attached hydrogen (secondary N) is 2. The molecular formula is C25H37N5O4. The van der Waals surface area contributed by atoms with Crippen molar-refractivity contribution in [3.63, 3.8) is 0 Å². The van der Waals surface area contributed by atoms with Gasteiger partial charge in [0.25, 0.3) is 0 Å². The molecule has 2 aliphatic heterocycles. The van der Waals surface area contributed by atoms with Gasteiger partial charge in [-0.05, 0) is 45.2 Å². The number of rotatable bonds is 7. The average molecular weight is 472 g/mol. The normalized spacial score (nSPS) is 19.5. The minimum absolute atomic E-state index is 0.0531. The third kappa shape index (κ3) is 5.70. The standard InChI is InChI=1S/C25H37N5O4/c1-5-26-24(32)29-14-10-13-28(15-16-29)17-20-21(23(31)34-7-3)22(27-25(33)30(20)6-2)19-12-9-8-11-18(19)4/h8-9,11-12,22H,5-7,10,13-17H2,1-4H3,(H,26,32)(H,27,33)/t22-/m1/s1. The van der Waals surface area contributed by atoms with Crippen LogP contribution in [0.1, 0.15) is 44.4 Å². The molecule has 1 atom stereocenters. The van der Waals surface area contributed by atoms with Crippen LogP contribution in [0.4, 0.5) is 9.59 Å². The van der Waals surface area contributed by atoms with Crippen molar-refractivity contribution in [1.82, 2.24) is 25.3 Å². The predicted octanol–water partition coefficient (Wildman–Crippen LogP) is 2.64. The molecule has 3 rings (SSSR count). The van der Waals surface area contributed by atoms with Crippen LogP contribution in [0.25, 0.3) is 0 Å². The molecule has 1 fully saturated rings. The summed E-state index contributed by atoms with van der Waals surface area (Å²) in [6.45, 7) is 12.0. The number of esters is 1. The fourth-order valence-corrected chi connectivity index (χ4v) is 4.61. The first kappa shape index (κ1) is 25.6. The quantitative estimate of drug-likeness (QED) is 0.597. The number of hydrogen-bond donors (Lipinski definition) is 2. The van der Waals surface area contributed by atoms with Crippen LogP contribution in [0.3, 0.4) is 0 Å². The third-order valence-corrected chi connectivity index (χ3v) is 6.33. The minimum Gasteiger partial charge on any atom is -0.463 e. The molecule has 186 valence electrons. The molecule has 9 heteroatoms. The van der Waals surface area contributed by atoms with Crippen LogP contribution in [0.5, 0.6) is 0 Å². The van der Waals surface area contributed by atoms with Crippen molar-refractivity contribution in [2.75, 3.05) is 52.4 Å². The summed E-state index contributed by atoms with van der Waals surface area (Å²) in [5, 5.41) is 5.89. The highest BCUT2D eigenvalue weighted by Crippen LogP contribution is 2.33. The van der Waals surface area contributed by atoms with Gasteiger partial charge in [-0.1, -0.05) is 24.3 Å². The zero-order valence-electron chi connectivity index (χ0n) is 20.7. The first-order valence-electron chi connectivity index (χ1n) is 12.2. The van der Waals surface area contributed by atoms with Crippen LogP contribution >= 0.6 is 0 Å². The third-order valence-electron chi connectivity index (χ3n) is 6.33. The van der Waals surface area contributed by atoms with Gasteiger partial charge in [0.05, 0.1) is 18.2 Å². The SMILES string of the molecule is CCNC(=O)N1CCCN(CC2=C(C(=O)OCC)[C@@H](c3ccccc3C)NC(=O)N2CC)CC1. The Morgan fingerprint density at radius 3 is 2.56 bits per heavy atom. The summed E-state index contributed by atoms with van der Waals surface area (Å²) in [6, 6.07) is 6.90. The molecule has 34 heavy (non-hydrogen) atoms. The van der Waals surface area contributed by atoms with Gasteiger partial charge in [0.15, 0.2) is 0 Å². The van der Waals surface area contributed by atoms with E-state index in [0.717, 1.165) is 24.1 Å². The first-order valence-corrected chi connectivity index (χ1v) is 12.2. The molecule has 0 radical (unpaired) electrons. The Morgan fingerprint density at radius 2 is 1.88 bits per heavy atom. The highest BCUT2D eigenvalue weighted by atomic mass is 16.5. The van der Waals surface area contributed by atoms with Crippen LogP contribution in [-0.4, -0.2) is 85.2 Å². The number of benzene rings is 1. The highest BCUT2D eigenvalue weighted by molar-refractivity contribution is 5.95. The van der Waals surface area contributed by atoms with E-state index < -0.39 is 12.0 Å². The molecular weight excluding hydrogens is 434 g/mol. The fraction of sp³-hybridized carbons (Fsp3) is 0.560. The lowest BCUT2D eigenvalue weighted by Crippen LogP contribution is -2.51. The first-order chi connectivity index (χ1) is 16.4. The van der Waals surface area contributed by atoms with E-state index >= 15 is 0 Å². The number of amides is 4. The fourth-order valence-electron chi connectivity index (χ4n) is 4.61. The second-order valence-corrected chi connectivity index (χ2v) is 8.52. The summed E-state index contributed by atoms with van der Waals surface area (Å²) in [5.74, 6) is -0.414. The van der Waals surface area contributed by atoms with E-state index in [2.05, 4.69) is 15.5 Å². The molecule has 1 aromatic rings. The van der Waals surface area contributed by atoms with Crippen molar-refractivity contribution in [3.05, 3.63) is 46.7 Å². The summed E-state index contributed by atoms with van der Waals surface area (Å²) < 4.78 is 5.47. The van der Waals surface area contributed by atoms with Gasteiger partial charge in [-0.15, -0.1) is 0 Å². The van der Waals surface area contributed by atoms with E-state index in [1.807, 2.05) is 49.9 Å². The Hall–Kier alpha value is -3.07. The smallest absolute Gasteiger partial charge is 0.338 e. The number of aryl methyl sites for hydroxylation is 1. The van der Waals surface area contributed by atoms with E-state index in [4.69, 9.17) is 4.74 Å². The van der Waals surface area contributed by atoms with Crippen LogP contribution in [0, 0.1) is 6.92 Å². The minimum atomic E-state index is -0.579. The Labute approximate surface area is 202 Å². The van der Waals surface area contributed by atoms with Gasteiger partial charge in [0.2, 0.25) is 0 Å². The number of hydrogen-bond acceptors (Lipinski definition) is 5. The number of likely N-dealkylation sites (N-methyl/N-ethyl adjacent to an activating group) is 1. The topological polar surface area (TPSA) is 94.2 Å². The Kier molecular flexibility index (Phi) is 8.92. The maximum Gasteiger partial charge on any atom is 0.338 e. The molecule has 4 amide bonds. The number of carbonyl (C=O) groups excluding carboxylic acids is 3. The van der Waals surface area contributed by atoms with Crippen molar-refractivity contribution < 1.29 is 19.1 Å². The summed E-state index contributed by atoms with van der Waals surface area (Å²) >= 11 is 0. The molecule has 2 heterocycles. The summed E-state index contributed by atoms with van der Waals surface area (Å²) in [4.78, 5) is 44.4. The zero-order chi connectivity index (χ0) is 24.7. The van der Waals surface area contributed by atoms with E-state index in [1.54, 1.807) is 11.8 Å². The van der Waals surface area contributed by atoms with Gasteiger partial charge >= 0.3 is 18.0 Å². The lowest BCUT2D eigenvalue weighted by Gasteiger charge is -2.38. The number of urea groups is 2. The molecule has 1 saturated heterocycles. The Bertz CT molecular complexity index is 932. The van der Waals surface area contributed by atoms with Crippen molar-refractivity contribution in [2.45, 2.75) is 40.2 Å². The molecule has 9 nitrogen and oxygen atoms in total. The summed E-state index contributed by atoms with van der Waals surface area (Å²) in [6.07, 6.45) is 0.818. The second kappa shape index (κ2) is 11.9. The molecule has 2 N–H and O–H groups in total. The van der Waals surface area contributed by atoms with Gasteiger partial charge < -0.3 is 20.3 Å². The van der Waals surface area contributed by atoms with Crippen LogP contribution in [0.15, 0.2) is 35.5 Å². The van der Waals surface area contributed by atoms with Gasteiger partial charge in [0, 0.05) is 51.5 Å². The maximum atomic E-state index is 13.3. The number of nitrogens with zero attached hydrogens (tertiary/aromatic N) is 3.